The highest BCUT2D eigenvalue weighted by Crippen LogP contribution is 2.29. The third kappa shape index (κ3) is 5.64. The molecule has 0 spiro atoms. The largest absolute Gasteiger partial charge is 0.497 e. The summed E-state index contributed by atoms with van der Waals surface area (Å²) in [5.74, 6) is 2.09. The van der Waals surface area contributed by atoms with Crippen molar-refractivity contribution in [2.45, 2.75) is 19.6 Å². The highest BCUT2D eigenvalue weighted by atomic mass is 16.5. The molecule has 1 aliphatic rings. The third-order valence-electron chi connectivity index (χ3n) is 5.09. The average molecular weight is 418 g/mol. The number of hydrogen-bond donors (Lipinski definition) is 2. The van der Waals surface area contributed by atoms with E-state index in [9.17, 15) is 5.11 Å². The van der Waals surface area contributed by atoms with Gasteiger partial charge in [-0.1, -0.05) is 5.16 Å². The summed E-state index contributed by atoms with van der Waals surface area (Å²) in [6.07, 6.45) is 0.807. The van der Waals surface area contributed by atoms with Gasteiger partial charge in [-0.05, 0) is 25.1 Å². The molecule has 0 saturated carbocycles. The molecule has 164 valence electrons. The molecule has 0 amide bonds. The van der Waals surface area contributed by atoms with E-state index in [0.29, 0.717) is 17.1 Å². The lowest BCUT2D eigenvalue weighted by molar-refractivity contribution is 0.165. The normalized spacial score (nSPS) is 16.4. The number of methoxy groups -OCH3 is 2. The molecule has 2 aromatic rings. The van der Waals surface area contributed by atoms with Crippen molar-refractivity contribution < 1.29 is 19.1 Å². The van der Waals surface area contributed by atoms with Crippen molar-refractivity contribution in [1.82, 2.24) is 20.3 Å². The number of ether oxygens (including phenoxy) is 2. The summed E-state index contributed by atoms with van der Waals surface area (Å²) in [6, 6.07) is 7.28. The summed E-state index contributed by atoms with van der Waals surface area (Å²) in [4.78, 5) is 9.25. The number of piperazine rings is 1. The number of aliphatic hydroxyl groups excluding tert-OH is 1. The van der Waals surface area contributed by atoms with Crippen LogP contribution in [0.1, 0.15) is 24.3 Å². The molecule has 0 aliphatic carbocycles. The van der Waals surface area contributed by atoms with Crippen LogP contribution in [0.3, 0.4) is 0 Å². The Labute approximate surface area is 177 Å². The van der Waals surface area contributed by atoms with Gasteiger partial charge in [0.2, 0.25) is 0 Å². The average Bonchev–Trinajstić information content (AvgIpc) is 3.29. The topological polar surface area (TPSA) is 95.6 Å². The maximum Gasteiger partial charge on any atom is 0.194 e. The van der Waals surface area contributed by atoms with Crippen LogP contribution in [0, 0.1) is 0 Å². The number of aliphatic imine (C=N–C) groups is 1. The molecule has 0 radical (unpaired) electrons. The Morgan fingerprint density at radius 1 is 1.23 bits per heavy atom. The minimum absolute atomic E-state index is 0.227. The lowest BCUT2D eigenvalue weighted by Gasteiger charge is -2.36. The molecule has 2 N–H and O–H groups in total. The second kappa shape index (κ2) is 10.8. The van der Waals surface area contributed by atoms with Gasteiger partial charge in [0.05, 0.1) is 26.5 Å². The molecule has 30 heavy (non-hydrogen) atoms. The second-order valence-corrected chi connectivity index (χ2v) is 7.07. The van der Waals surface area contributed by atoms with E-state index in [0.717, 1.165) is 50.9 Å². The van der Waals surface area contributed by atoms with Crippen molar-refractivity contribution in [2.75, 3.05) is 53.5 Å². The molecule has 1 aromatic carbocycles. The Morgan fingerprint density at radius 3 is 2.67 bits per heavy atom. The first-order valence-electron chi connectivity index (χ1n) is 10.2. The van der Waals surface area contributed by atoms with Gasteiger partial charge in [0, 0.05) is 50.9 Å². The zero-order valence-electron chi connectivity index (χ0n) is 17.9. The predicted octanol–water partition coefficient (Wildman–Crippen LogP) is 1.51. The summed E-state index contributed by atoms with van der Waals surface area (Å²) in [7, 11) is 3.19. The first-order valence-corrected chi connectivity index (χ1v) is 10.2. The number of rotatable bonds is 8. The Bertz CT molecular complexity index is 804. The third-order valence-corrected chi connectivity index (χ3v) is 5.09. The van der Waals surface area contributed by atoms with E-state index in [1.807, 2.05) is 13.0 Å². The molecule has 0 bridgehead atoms. The van der Waals surface area contributed by atoms with Crippen molar-refractivity contribution in [3.8, 4) is 11.5 Å². The minimum Gasteiger partial charge on any atom is -0.497 e. The Kier molecular flexibility index (Phi) is 7.92. The van der Waals surface area contributed by atoms with E-state index in [-0.39, 0.29) is 6.54 Å². The molecule has 1 aliphatic heterocycles. The number of benzene rings is 1. The summed E-state index contributed by atoms with van der Waals surface area (Å²) in [6.45, 7) is 7.32. The lowest BCUT2D eigenvalue weighted by Crippen LogP contribution is -2.52. The second-order valence-electron chi connectivity index (χ2n) is 7.07. The molecule has 1 atom stereocenters. The zero-order chi connectivity index (χ0) is 21.3. The van der Waals surface area contributed by atoms with Crippen LogP contribution in [0.25, 0.3) is 0 Å². The van der Waals surface area contributed by atoms with E-state index >= 15 is 0 Å². The maximum absolute atomic E-state index is 10.7. The van der Waals surface area contributed by atoms with Crippen LogP contribution in [0.5, 0.6) is 11.5 Å². The van der Waals surface area contributed by atoms with E-state index < -0.39 is 6.10 Å². The molecule has 9 heteroatoms. The highest BCUT2D eigenvalue weighted by Gasteiger charge is 2.21. The number of guanidine groups is 1. The van der Waals surface area contributed by atoms with Crippen molar-refractivity contribution >= 4 is 5.96 Å². The van der Waals surface area contributed by atoms with Crippen molar-refractivity contribution in [3.05, 3.63) is 41.8 Å². The molecular formula is C21H31N5O4. The summed E-state index contributed by atoms with van der Waals surface area (Å²) < 4.78 is 15.6. The maximum atomic E-state index is 10.7. The van der Waals surface area contributed by atoms with Gasteiger partial charge in [-0.3, -0.25) is 9.89 Å². The number of nitrogens with one attached hydrogen (secondary N) is 1. The molecule has 1 aromatic heterocycles. The van der Waals surface area contributed by atoms with Crippen LogP contribution in [0.2, 0.25) is 0 Å². The molecule has 9 nitrogen and oxygen atoms in total. The van der Waals surface area contributed by atoms with Gasteiger partial charge in [-0.2, -0.15) is 0 Å². The molecular weight excluding hydrogens is 386 g/mol. The number of nitrogens with zero attached hydrogens (tertiary/aromatic N) is 4. The van der Waals surface area contributed by atoms with Crippen molar-refractivity contribution in [3.63, 3.8) is 0 Å². The van der Waals surface area contributed by atoms with Crippen LogP contribution in [-0.2, 0) is 6.54 Å². The SMILES string of the molecule is CCNC(=NCC(O)c1cc(OC)ccc1OC)N1CCN(Cc2ccon2)CC1. The fraction of sp³-hybridized carbons (Fsp3) is 0.524. The van der Waals surface area contributed by atoms with Crippen LogP contribution in [0.15, 0.2) is 40.0 Å². The highest BCUT2D eigenvalue weighted by molar-refractivity contribution is 5.80. The van der Waals surface area contributed by atoms with Gasteiger partial charge in [0.25, 0.3) is 0 Å². The number of aliphatic hydroxyl groups is 1. The van der Waals surface area contributed by atoms with Crippen LogP contribution in [0.4, 0.5) is 0 Å². The fourth-order valence-corrected chi connectivity index (χ4v) is 3.46. The van der Waals surface area contributed by atoms with Crippen LogP contribution >= 0.6 is 0 Å². The van der Waals surface area contributed by atoms with E-state index in [1.54, 1.807) is 38.7 Å². The molecule has 2 heterocycles. The van der Waals surface area contributed by atoms with Crippen molar-refractivity contribution in [1.29, 1.82) is 0 Å². The van der Waals surface area contributed by atoms with Gasteiger partial charge < -0.3 is 29.3 Å². The Hall–Kier alpha value is -2.78. The van der Waals surface area contributed by atoms with Crippen molar-refractivity contribution in [2.24, 2.45) is 4.99 Å². The fourth-order valence-electron chi connectivity index (χ4n) is 3.46. The molecule has 3 rings (SSSR count). The lowest BCUT2D eigenvalue weighted by atomic mass is 10.1. The summed E-state index contributed by atoms with van der Waals surface area (Å²) in [5, 5.41) is 18.1. The smallest absolute Gasteiger partial charge is 0.194 e. The standard InChI is InChI=1S/C21H31N5O4/c1-4-22-21(26-10-8-25(9-11-26)15-16-7-12-30-24-16)23-14-19(27)18-13-17(28-2)5-6-20(18)29-3/h5-7,12-13,19,27H,4,8-11,14-15H2,1-3H3,(H,22,23). The van der Waals surface area contributed by atoms with E-state index in [2.05, 4.69) is 25.3 Å². The van der Waals surface area contributed by atoms with Gasteiger partial charge in [-0.25, -0.2) is 0 Å². The number of aromatic nitrogens is 1. The van der Waals surface area contributed by atoms with Crippen LogP contribution in [-0.4, -0.2) is 79.5 Å². The predicted molar refractivity (Wildman–Crippen MR) is 114 cm³/mol. The summed E-state index contributed by atoms with van der Waals surface area (Å²) in [5.41, 5.74) is 1.60. The first-order chi connectivity index (χ1) is 14.6. The van der Waals surface area contributed by atoms with Crippen LogP contribution < -0.4 is 14.8 Å². The minimum atomic E-state index is -0.794. The Balaban J connectivity index is 1.62. The monoisotopic (exact) mass is 417 g/mol. The quantitative estimate of drug-likeness (QED) is 0.493. The Morgan fingerprint density at radius 2 is 2.03 bits per heavy atom. The summed E-state index contributed by atoms with van der Waals surface area (Å²) >= 11 is 0. The number of hydrogen-bond acceptors (Lipinski definition) is 7. The first kappa shape index (κ1) is 21.9. The van der Waals surface area contributed by atoms with Gasteiger partial charge >= 0.3 is 0 Å². The van der Waals surface area contributed by atoms with E-state index in [1.165, 1.54) is 0 Å². The van der Waals surface area contributed by atoms with Gasteiger partial charge in [-0.15, -0.1) is 0 Å². The van der Waals surface area contributed by atoms with Gasteiger partial charge in [0.1, 0.15) is 23.9 Å². The van der Waals surface area contributed by atoms with Gasteiger partial charge in [0.15, 0.2) is 5.96 Å². The molecule has 1 fully saturated rings. The zero-order valence-corrected chi connectivity index (χ0v) is 17.9. The molecule has 1 unspecified atom stereocenters. The van der Waals surface area contributed by atoms with E-state index in [4.69, 9.17) is 14.0 Å². The molecule has 1 saturated heterocycles.